The summed E-state index contributed by atoms with van der Waals surface area (Å²) in [5.41, 5.74) is 3.26. The number of amides is 2. The lowest BCUT2D eigenvalue weighted by atomic mass is 9.81. The van der Waals surface area contributed by atoms with Crippen molar-refractivity contribution in [1.29, 1.82) is 0 Å². The molecule has 2 unspecified atom stereocenters. The molecule has 2 saturated heterocycles. The van der Waals surface area contributed by atoms with Gasteiger partial charge in [-0.05, 0) is 43.5 Å². The molecule has 1 spiro atoms. The molecule has 0 saturated carbocycles. The van der Waals surface area contributed by atoms with Gasteiger partial charge in [0.2, 0.25) is 11.8 Å². The number of ether oxygens (including phenoxy) is 1. The Morgan fingerprint density at radius 3 is 2.50 bits per heavy atom. The molecule has 6 heteroatoms. The zero-order chi connectivity index (χ0) is 24.0. The predicted octanol–water partition coefficient (Wildman–Crippen LogP) is 4.24. The van der Waals surface area contributed by atoms with E-state index in [9.17, 15) is 14.4 Å². The monoisotopic (exact) mass is 460 g/mol. The van der Waals surface area contributed by atoms with Gasteiger partial charge in [0, 0.05) is 38.9 Å². The Kier molecular flexibility index (Phi) is 5.70. The highest BCUT2D eigenvalue weighted by Crippen LogP contribution is 2.42. The van der Waals surface area contributed by atoms with Crippen LogP contribution in [-0.2, 0) is 9.59 Å². The van der Waals surface area contributed by atoms with Crippen molar-refractivity contribution in [2.45, 2.75) is 58.1 Å². The van der Waals surface area contributed by atoms with Crippen LogP contribution in [0.25, 0.3) is 0 Å². The number of rotatable bonds is 3. The van der Waals surface area contributed by atoms with Crippen LogP contribution >= 0.6 is 0 Å². The number of ketones is 1. The Labute approximate surface area is 200 Å². The number of nitrogens with zero attached hydrogens (tertiary/aromatic N) is 2. The molecule has 2 amide bonds. The van der Waals surface area contributed by atoms with E-state index in [0.717, 1.165) is 16.7 Å². The topological polar surface area (TPSA) is 66.9 Å². The van der Waals surface area contributed by atoms with Crippen molar-refractivity contribution < 1.29 is 19.1 Å². The van der Waals surface area contributed by atoms with Gasteiger partial charge < -0.3 is 14.5 Å². The van der Waals surface area contributed by atoms with E-state index >= 15 is 0 Å². The maximum Gasteiger partial charge on any atom is 0.227 e. The summed E-state index contributed by atoms with van der Waals surface area (Å²) in [5.74, 6) is 0.591. The summed E-state index contributed by atoms with van der Waals surface area (Å²) in [6.07, 6.45) is 1.87. The number of carbonyl (C=O) groups excluding carboxylic acids is 3. The van der Waals surface area contributed by atoms with Crippen molar-refractivity contribution >= 4 is 17.6 Å². The van der Waals surface area contributed by atoms with Gasteiger partial charge in [-0.3, -0.25) is 14.4 Å². The number of aryl methyl sites for hydroxylation is 2. The zero-order valence-electron chi connectivity index (χ0n) is 20.2. The molecule has 2 atom stereocenters. The molecule has 2 fully saturated rings. The van der Waals surface area contributed by atoms with E-state index < -0.39 is 5.60 Å². The molecule has 6 nitrogen and oxygen atoms in total. The first-order valence-corrected chi connectivity index (χ1v) is 12.2. The minimum absolute atomic E-state index is 0.0340. The SMILES string of the molecule is Cc1cc(C)c2c(c1)C(=O)CC1(CCN(C(=O)C3CC(=O)N(C(C)c4ccccc4)C3)CC1)O2. The first-order valence-electron chi connectivity index (χ1n) is 12.2. The summed E-state index contributed by atoms with van der Waals surface area (Å²) in [6, 6.07) is 13.8. The highest BCUT2D eigenvalue weighted by Gasteiger charge is 2.46. The number of fused-ring (bicyclic) bond motifs is 1. The van der Waals surface area contributed by atoms with E-state index in [1.54, 1.807) is 0 Å². The molecule has 178 valence electrons. The third-order valence-corrected chi connectivity index (χ3v) is 7.76. The van der Waals surface area contributed by atoms with Crippen molar-refractivity contribution in [3.8, 4) is 5.75 Å². The second-order valence-electron chi connectivity index (χ2n) is 10.2. The summed E-state index contributed by atoms with van der Waals surface area (Å²) in [4.78, 5) is 42.7. The standard InChI is InChI=1S/C28H32N2O4/c1-18-13-19(2)26-23(14-18)24(31)16-28(34-26)9-11-29(12-10-28)27(33)22-15-25(32)30(17-22)20(3)21-7-5-4-6-8-21/h4-8,13-14,20,22H,9-12,15-17H2,1-3H3. The highest BCUT2D eigenvalue weighted by molar-refractivity contribution is 6.01. The third-order valence-electron chi connectivity index (χ3n) is 7.76. The molecule has 2 aromatic rings. The minimum Gasteiger partial charge on any atom is -0.486 e. The van der Waals surface area contributed by atoms with E-state index in [-0.39, 0.29) is 36.0 Å². The second kappa shape index (κ2) is 8.57. The van der Waals surface area contributed by atoms with E-state index in [1.165, 1.54) is 0 Å². The van der Waals surface area contributed by atoms with Crippen molar-refractivity contribution in [3.63, 3.8) is 0 Å². The van der Waals surface area contributed by atoms with Gasteiger partial charge in [0.15, 0.2) is 5.78 Å². The molecule has 5 rings (SSSR count). The van der Waals surface area contributed by atoms with Crippen molar-refractivity contribution in [2.75, 3.05) is 19.6 Å². The molecular weight excluding hydrogens is 428 g/mol. The van der Waals surface area contributed by atoms with Crippen LogP contribution in [0.4, 0.5) is 0 Å². The molecule has 3 aliphatic heterocycles. The minimum atomic E-state index is -0.541. The van der Waals surface area contributed by atoms with Gasteiger partial charge in [0.05, 0.1) is 23.9 Å². The molecule has 0 aromatic heterocycles. The summed E-state index contributed by atoms with van der Waals surface area (Å²) in [7, 11) is 0. The first kappa shape index (κ1) is 22.6. The van der Waals surface area contributed by atoms with E-state index in [2.05, 4.69) is 0 Å². The van der Waals surface area contributed by atoms with Gasteiger partial charge >= 0.3 is 0 Å². The molecule has 3 aliphatic rings. The fourth-order valence-corrected chi connectivity index (χ4v) is 5.79. The maximum absolute atomic E-state index is 13.3. The molecule has 34 heavy (non-hydrogen) atoms. The van der Waals surface area contributed by atoms with Gasteiger partial charge in [-0.15, -0.1) is 0 Å². The summed E-state index contributed by atoms with van der Waals surface area (Å²) in [6.45, 7) is 7.54. The highest BCUT2D eigenvalue weighted by atomic mass is 16.5. The van der Waals surface area contributed by atoms with Crippen LogP contribution in [0.2, 0.25) is 0 Å². The molecular formula is C28H32N2O4. The van der Waals surface area contributed by atoms with Gasteiger partial charge in [0.1, 0.15) is 11.4 Å². The maximum atomic E-state index is 13.3. The number of hydrogen-bond acceptors (Lipinski definition) is 4. The first-order chi connectivity index (χ1) is 16.3. The quantitative estimate of drug-likeness (QED) is 0.687. The number of hydrogen-bond donors (Lipinski definition) is 0. The van der Waals surface area contributed by atoms with Crippen LogP contribution < -0.4 is 4.74 Å². The normalized spacial score (nSPS) is 22.5. The van der Waals surface area contributed by atoms with Gasteiger partial charge in [-0.2, -0.15) is 0 Å². The Hall–Kier alpha value is -3.15. The Morgan fingerprint density at radius 2 is 1.79 bits per heavy atom. The molecule has 0 radical (unpaired) electrons. The predicted molar refractivity (Wildman–Crippen MR) is 129 cm³/mol. The van der Waals surface area contributed by atoms with Crippen molar-refractivity contribution in [3.05, 3.63) is 64.7 Å². The van der Waals surface area contributed by atoms with Crippen LogP contribution in [-0.4, -0.2) is 52.6 Å². The largest absolute Gasteiger partial charge is 0.486 e. The Balaban J connectivity index is 1.24. The van der Waals surface area contributed by atoms with Crippen LogP contribution in [0.3, 0.4) is 0 Å². The number of carbonyl (C=O) groups is 3. The fourth-order valence-electron chi connectivity index (χ4n) is 5.79. The van der Waals surface area contributed by atoms with Gasteiger partial charge in [-0.25, -0.2) is 0 Å². The lowest BCUT2D eigenvalue weighted by Crippen LogP contribution is -2.53. The fraction of sp³-hybridized carbons (Fsp3) is 0.464. The van der Waals surface area contributed by atoms with E-state index in [4.69, 9.17) is 4.74 Å². The van der Waals surface area contributed by atoms with Gasteiger partial charge in [0.25, 0.3) is 0 Å². The number of piperidine rings is 1. The average molecular weight is 461 g/mol. The van der Waals surface area contributed by atoms with E-state index in [0.29, 0.717) is 50.2 Å². The third kappa shape index (κ3) is 3.99. The Bertz CT molecular complexity index is 1130. The number of Topliss-reactive ketones (excluding diaryl/α,β-unsaturated/α-hetero) is 1. The molecule has 3 heterocycles. The molecule has 2 aromatic carbocycles. The number of likely N-dealkylation sites (tertiary alicyclic amines) is 2. The smallest absolute Gasteiger partial charge is 0.227 e. The second-order valence-corrected chi connectivity index (χ2v) is 10.2. The van der Waals surface area contributed by atoms with Gasteiger partial charge in [-0.1, -0.05) is 36.4 Å². The zero-order valence-corrected chi connectivity index (χ0v) is 20.2. The average Bonchev–Trinajstić information content (AvgIpc) is 3.22. The summed E-state index contributed by atoms with van der Waals surface area (Å²) in [5, 5.41) is 0. The van der Waals surface area contributed by atoms with Crippen LogP contribution in [0, 0.1) is 19.8 Å². The van der Waals surface area contributed by atoms with Crippen LogP contribution in [0.15, 0.2) is 42.5 Å². The molecule has 0 bridgehead atoms. The summed E-state index contributed by atoms with van der Waals surface area (Å²) < 4.78 is 6.46. The van der Waals surface area contributed by atoms with Crippen molar-refractivity contribution in [1.82, 2.24) is 9.80 Å². The van der Waals surface area contributed by atoms with Crippen LogP contribution in [0.5, 0.6) is 5.75 Å². The Morgan fingerprint density at radius 1 is 1.09 bits per heavy atom. The number of benzene rings is 2. The lowest BCUT2D eigenvalue weighted by Gasteiger charge is -2.44. The molecule has 0 N–H and O–H groups in total. The lowest BCUT2D eigenvalue weighted by molar-refractivity contribution is -0.139. The van der Waals surface area contributed by atoms with E-state index in [1.807, 2.05) is 73.0 Å². The summed E-state index contributed by atoms with van der Waals surface area (Å²) >= 11 is 0. The van der Waals surface area contributed by atoms with Crippen molar-refractivity contribution in [2.24, 2.45) is 5.92 Å². The molecule has 0 aliphatic carbocycles. The van der Waals surface area contributed by atoms with Crippen LogP contribution in [0.1, 0.15) is 65.7 Å².